The van der Waals surface area contributed by atoms with E-state index in [1.165, 1.54) is 0 Å². The number of carbonyl (C=O) groups is 1. The van der Waals surface area contributed by atoms with E-state index in [1.54, 1.807) is 78.9 Å². The van der Waals surface area contributed by atoms with Crippen molar-refractivity contribution < 1.29 is 13.2 Å². The molecule has 3 aromatic rings. The van der Waals surface area contributed by atoms with Gasteiger partial charge in [0.2, 0.25) is 0 Å². The molecule has 6 heteroatoms. The van der Waals surface area contributed by atoms with Gasteiger partial charge < -0.3 is 5.32 Å². The minimum atomic E-state index is -3.43. The van der Waals surface area contributed by atoms with E-state index in [0.29, 0.717) is 16.8 Å². The molecule has 132 valence electrons. The Morgan fingerprint density at radius 3 is 2.27 bits per heavy atom. The maximum Gasteiger partial charge on any atom is 0.255 e. The molecule has 0 aromatic heterocycles. The van der Waals surface area contributed by atoms with Crippen LogP contribution in [0.25, 0.3) is 0 Å². The molecule has 0 aliphatic heterocycles. The Morgan fingerprint density at radius 2 is 1.58 bits per heavy atom. The van der Waals surface area contributed by atoms with Gasteiger partial charge in [0.1, 0.15) is 0 Å². The Hall–Kier alpha value is -2.44. The SMILES string of the molecule is O=C(Nc1cccc(CS(=O)(=O)c2ccccc2)c1)c1ccc(Br)cc1. The molecule has 0 saturated heterocycles. The third-order valence-electron chi connectivity index (χ3n) is 3.75. The monoisotopic (exact) mass is 429 g/mol. The number of amides is 1. The van der Waals surface area contributed by atoms with Crippen molar-refractivity contribution in [3.63, 3.8) is 0 Å². The molecule has 26 heavy (non-hydrogen) atoms. The van der Waals surface area contributed by atoms with E-state index < -0.39 is 9.84 Å². The fraction of sp³-hybridized carbons (Fsp3) is 0.0500. The molecule has 0 fully saturated rings. The van der Waals surface area contributed by atoms with E-state index in [-0.39, 0.29) is 16.6 Å². The first-order valence-electron chi connectivity index (χ1n) is 7.88. The smallest absolute Gasteiger partial charge is 0.255 e. The summed E-state index contributed by atoms with van der Waals surface area (Å²) < 4.78 is 25.9. The van der Waals surface area contributed by atoms with E-state index in [4.69, 9.17) is 0 Å². The lowest BCUT2D eigenvalue weighted by Crippen LogP contribution is -2.12. The van der Waals surface area contributed by atoms with Gasteiger partial charge in [-0.15, -0.1) is 0 Å². The second-order valence-electron chi connectivity index (χ2n) is 5.73. The summed E-state index contributed by atoms with van der Waals surface area (Å²) in [6.45, 7) is 0. The average Bonchev–Trinajstić information content (AvgIpc) is 2.63. The van der Waals surface area contributed by atoms with Crippen LogP contribution in [0.3, 0.4) is 0 Å². The molecule has 0 aliphatic rings. The summed E-state index contributed by atoms with van der Waals surface area (Å²) in [5, 5.41) is 2.79. The number of hydrogen-bond acceptors (Lipinski definition) is 3. The van der Waals surface area contributed by atoms with E-state index in [9.17, 15) is 13.2 Å². The third-order valence-corrected chi connectivity index (χ3v) is 5.98. The van der Waals surface area contributed by atoms with Crippen molar-refractivity contribution >= 4 is 37.4 Å². The Kier molecular flexibility index (Phi) is 5.54. The van der Waals surface area contributed by atoms with E-state index >= 15 is 0 Å². The lowest BCUT2D eigenvalue weighted by molar-refractivity contribution is 0.102. The van der Waals surface area contributed by atoms with Crippen LogP contribution in [0.2, 0.25) is 0 Å². The van der Waals surface area contributed by atoms with Gasteiger partial charge in [0.25, 0.3) is 5.91 Å². The van der Waals surface area contributed by atoms with Gasteiger partial charge in [0.15, 0.2) is 9.84 Å². The van der Waals surface area contributed by atoms with Gasteiger partial charge in [-0.3, -0.25) is 4.79 Å². The third kappa shape index (κ3) is 4.59. The molecule has 0 atom stereocenters. The highest BCUT2D eigenvalue weighted by Crippen LogP contribution is 2.19. The molecule has 3 aromatic carbocycles. The quantitative estimate of drug-likeness (QED) is 0.640. The number of anilines is 1. The normalized spacial score (nSPS) is 11.1. The molecule has 0 bridgehead atoms. The van der Waals surface area contributed by atoms with Crippen molar-refractivity contribution in [3.8, 4) is 0 Å². The number of sulfone groups is 1. The fourth-order valence-corrected chi connectivity index (χ4v) is 4.10. The minimum absolute atomic E-state index is 0.126. The molecule has 0 radical (unpaired) electrons. The molecule has 3 rings (SSSR count). The topological polar surface area (TPSA) is 63.2 Å². The number of halogens is 1. The highest BCUT2D eigenvalue weighted by Gasteiger charge is 2.15. The molecular weight excluding hydrogens is 414 g/mol. The molecule has 0 unspecified atom stereocenters. The van der Waals surface area contributed by atoms with Crippen LogP contribution < -0.4 is 5.32 Å². The predicted molar refractivity (Wildman–Crippen MR) is 106 cm³/mol. The van der Waals surface area contributed by atoms with E-state index in [2.05, 4.69) is 21.2 Å². The molecule has 0 aliphatic carbocycles. The number of benzene rings is 3. The van der Waals surface area contributed by atoms with Gasteiger partial charge >= 0.3 is 0 Å². The summed E-state index contributed by atoms with van der Waals surface area (Å²) in [5.74, 6) is -0.375. The summed E-state index contributed by atoms with van der Waals surface area (Å²) in [7, 11) is -3.43. The van der Waals surface area contributed by atoms with Crippen molar-refractivity contribution in [2.24, 2.45) is 0 Å². The van der Waals surface area contributed by atoms with Gasteiger partial charge in [-0.25, -0.2) is 8.42 Å². The van der Waals surface area contributed by atoms with Crippen LogP contribution in [0.5, 0.6) is 0 Å². The fourth-order valence-electron chi connectivity index (χ4n) is 2.47. The zero-order chi connectivity index (χ0) is 18.6. The van der Waals surface area contributed by atoms with Crippen molar-refractivity contribution in [1.29, 1.82) is 0 Å². The molecule has 4 nitrogen and oxygen atoms in total. The predicted octanol–water partition coefficient (Wildman–Crippen LogP) is 4.68. The van der Waals surface area contributed by atoms with Gasteiger partial charge in [-0.1, -0.05) is 46.3 Å². The number of nitrogens with one attached hydrogen (secondary N) is 1. The Morgan fingerprint density at radius 1 is 0.885 bits per heavy atom. The maximum absolute atomic E-state index is 12.5. The Labute approximate surface area is 160 Å². The zero-order valence-electron chi connectivity index (χ0n) is 13.7. The first kappa shape index (κ1) is 18.4. The first-order chi connectivity index (χ1) is 12.4. The van der Waals surface area contributed by atoms with E-state index in [1.807, 2.05) is 0 Å². The highest BCUT2D eigenvalue weighted by atomic mass is 79.9. The largest absolute Gasteiger partial charge is 0.322 e. The second-order valence-corrected chi connectivity index (χ2v) is 8.64. The van der Waals surface area contributed by atoms with Crippen LogP contribution in [-0.2, 0) is 15.6 Å². The molecular formula is C20H16BrNO3S. The Balaban J connectivity index is 1.76. The first-order valence-corrected chi connectivity index (χ1v) is 10.3. The summed E-state index contributed by atoms with van der Waals surface area (Å²) in [5.41, 5.74) is 1.69. The van der Waals surface area contributed by atoms with Gasteiger partial charge in [0, 0.05) is 15.7 Å². The van der Waals surface area contributed by atoms with Crippen molar-refractivity contribution in [1.82, 2.24) is 0 Å². The summed E-state index contributed by atoms with van der Waals surface area (Å²) in [6, 6.07) is 22.2. The zero-order valence-corrected chi connectivity index (χ0v) is 16.1. The molecule has 1 amide bonds. The molecule has 0 spiro atoms. The van der Waals surface area contributed by atoms with E-state index in [0.717, 1.165) is 4.47 Å². The van der Waals surface area contributed by atoms with Crippen molar-refractivity contribution in [2.75, 3.05) is 5.32 Å². The molecule has 1 N–H and O–H groups in total. The van der Waals surface area contributed by atoms with Crippen molar-refractivity contribution in [2.45, 2.75) is 10.6 Å². The average molecular weight is 430 g/mol. The molecule has 0 saturated carbocycles. The van der Waals surface area contributed by atoms with Gasteiger partial charge in [-0.2, -0.15) is 0 Å². The number of hydrogen-bond donors (Lipinski definition) is 1. The van der Waals surface area contributed by atoms with Crippen LogP contribution >= 0.6 is 15.9 Å². The summed E-state index contributed by atoms with van der Waals surface area (Å²) in [6.07, 6.45) is 0. The van der Waals surface area contributed by atoms with Crippen LogP contribution in [0.4, 0.5) is 5.69 Å². The lowest BCUT2D eigenvalue weighted by Gasteiger charge is -2.09. The van der Waals surface area contributed by atoms with Crippen molar-refractivity contribution in [3.05, 3.63) is 94.5 Å². The maximum atomic E-state index is 12.5. The highest BCUT2D eigenvalue weighted by molar-refractivity contribution is 9.10. The second kappa shape index (κ2) is 7.85. The van der Waals surface area contributed by atoms with Gasteiger partial charge in [0.05, 0.1) is 10.6 Å². The van der Waals surface area contributed by atoms with Gasteiger partial charge in [-0.05, 0) is 54.1 Å². The lowest BCUT2D eigenvalue weighted by atomic mass is 10.2. The Bertz CT molecular complexity index is 1020. The van der Waals surface area contributed by atoms with Crippen LogP contribution in [0, 0.1) is 0 Å². The number of rotatable bonds is 5. The summed E-state index contributed by atoms with van der Waals surface area (Å²) in [4.78, 5) is 12.6. The minimum Gasteiger partial charge on any atom is -0.322 e. The van der Waals surface area contributed by atoms with Crippen LogP contribution in [0.15, 0.2) is 88.2 Å². The van der Waals surface area contributed by atoms with Crippen LogP contribution in [0.1, 0.15) is 15.9 Å². The standard InChI is InChI=1S/C20H16BrNO3S/c21-17-11-9-16(10-12-17)20(23)22-18-6-4-5-15(13-18)14-26(24,25)19-7-2-1-3-8-19/h1-13H,14H2,(H,22,23). The van der Waals surface area contributed by atoms with Crippen LogP contribution in [-0.4, -0.2) is 14.3 Å². The number of carbonyl (C=O) groups excluding carboxylic acids is 1. The molecule has 0 heterocycles. The summed E-state index contributed by atoms with van der Waals surface area (Å²) >= 11 is 3.33.